The molecule has 1 aromatic carbocycles. The van der Waals surface area contributed by atoms with E-state index in [2.05, 4.69) is 6.58 Å². The van der Waals surface area contributed by atoms with E-state index in [-0.39, 0.29) is 5.30 Å². The van der Waals surface area contributed by atoms with Crippen LogP contribution in [-0.2, 0) is 4.57 Å². The van der Waals surface area contributed by atoms with Crippen LogP contribution in [0, 0.1) is 0 Å². The van der Waals surface area contributed by atoms with Crippen LogP contribution < -0.4 is 15.1 Å². The highest BCUT2D eigenvalue weighted by atomic mass is 31.2. The van der Waals surface area contributed by atoms with E-state index >= 15 is 0 Å². The van der Waals surface area contributed by atoms with E-state index in [1.54, 1.807) is 6.08 Å². The van der Waals surface area contributed by atoms with Crippen LogP contribution in [0.3, 0.4) is 0 Å². The smallest absolute Gasteiger partial charge is 0.0156 e. The van der Waals surface area contributed by atoms with E-state index in [0.717, 1.165) is 5.56 Å². The fraction of sp³-hybridized carbons (Fsp3) is 0. The van der Waals surface area contributed by atoms with Crippen molar-refractivity contribution in [2.24, 2.45) is 0 Å². The summed E-state index contributed by atoms with van der Waals surface area (Å²) in [6.45, 7) is 3.50. The zero-order chi connectivity index (χ0) is 9.19. The first-order chi connectivity index (χ1) is 5.54. The Morgan fingerprint density at radius 2 is 1.75 bits per heavy atom. The van der Waals surface area contributed by atoms with E-state index in [0.29, 0.717) is 0 Å². The average molecular weight is 182 g/mol. The van der Waals surface area contributed by atoms with Gasteiger partial charge in [-0.1, -0.05) is 36.9 Å². The van der Waals surface area contributed by atoms with Crippen molar-refractivity contribution in [1.82, 2.24) is 0 Å². The largest absolute Gasteiger partial charge is 0.807 e. The summed E-state index contributed by atoms with van der Waals surface area (Å²) in [5, 5.41) is -0.187. The standard InChI is InChI=1S/C8H9O3P/c1-2-7-3-5-8(6-4-7)12(9,10)11/h2-6H,1H2,(H2,9,10,11)/p-2. The van der Waals surface area contributed by atoms with Crippen molar-refractivity contribution in [3.8, 4) is 0 Å². The molecular formula is C8H7O3P-2. The van der Waals surface area contributed by atoms with Gasteiger partial charge in [-0.3, -0.25) is 0 Å². The van der Waals surface area contributed by atoms with Crippen molar-refractivity contribution in [2.75, 3.05) is 0 Å². The molecule has 0 aromatic heterocycles. The predicted molar refractivity (Wildman–Crippen MR) is 43.8 cm³/mol. The van der Waals surface area contributed by atoms with Gasteiger partial charge in [-0.25, -0.2) is 0 Å². The van der Waals surface area contributed by atoms with Crippen molar-refractivity contribution >= 4 is 19.0 Å². The van der Waals surface area contributed by atoms with Crippen molar-refractivity contribution in [3.63, 3.8) is 0 Å². The molecule has 0 aliphatic rings. The highest BCUT2D eigenvalue weighted by molar-refractivity contribution is 7.57. The Balaban J connectivity index is 3.08. The number of rotatable bonds is 2. The fourth-order valence-electron chi connectivity index (χ4n) is 0.793. The molecule has 0 atom stereocenters. The third-order valence-corrected chi connectivity index (χ3v) is 2.38. The Morgan fingerprint density at radius 3 is 2.08 bits per heavy atom. The summed E-state index contributed by atoms with van der Waals surface area (Å²) >= 11 is 0. The maximum atomic E-state index is 10.5. The minimum Gasteiger partial charge on any atom is -0.807 e. The highest BCUT2D eigenvalue weighted by Gasteiger charge is 1.95. The molecule has 0 spiro atoms. The third kappa shape index (κ3) is 2.05. The maximum Gasteiger partial charge on any atom is -0.0156 e. The quantitative estimate of drug-likeness (QED) is 0.598. The van der Waals surface area contributed by atoms with E-state index < -0.39 is 7.60 Å². The lowest BCUT2D eigenvalue weighted by atomic mass is 10.2. The summed E-state index contributed by atoms with van der Waals surface area (Å²) in [4.78, 5) is 21.0. The molecule has 0 saturated carbocycles. The van der Waals surface area contributed by atoms with Crippen LogP contribution in [0.5, 0.6) is 0 Å². The van der Waals surface area contributed by atoms with Gasteiger partial charge in [0, 0.05) is 0 Å². The lowest BCUT2D eigenvalue weighted by Crippen LogP contribution is -2.24. The van der Waals surface area contributed by atoms with Crippen LogP contribution in [0.2, 0.25) is 0 Å². The minimum absolute atomic E-state index is 0.187. The lowest BCUT2D eigenvalue weighted by molar-refractivity contribution is -0.307. The van der Waals surface area contributed by atoms with Crippen LogP contribution >= 0.6 is 7.60 Å². The normalized spacial score (nSPS) is 11.2. The summed E-state index contributed by atoms with van der Waals surface area (Å²) in [6.07, 6.45) is 1.57. The van der Waals surface area contributed by atoms with Gasteiger partial charge in [0.25, 0.3) is 0 Å². The number of benzene rings is 1. The molecule has 1 rings (SSSR count). The second-order valence-electron chi connectivity index (χ2n) is 2.29. The molecule has 0 saturated heterocycles. The molecule has 3 nitrogen and oxygen atoms in total. The van der Waals surface area contributed by atoms with Gasteiger partial charge < -0.3 is 14.4 Å². The van der Waals surface area contributed by atoms with E-state index in [1.165, 1.54) is 24.3 Å². The monoisotopic (exact) mass is 182 g/mol. The van der Waals surface area contributed by atoms with Crippen LogP contribution in [0.1, 0.15) is 5.56 Å². The highest BCUT2D eigenvalue weighted by Crippen LogP contribution is 2.21. The molecule has 64 valence electrons. The molecule has 0 amide bonds. The van der Waals surface area contributed by atoms with Gasteiger partial charge >= 0.3 is 0 Å². The lowest BCUT2D eigenvalue weighted by Gasteiger charge is -2.29. The molecule has 0 bridgehead atoms. The molecule has 4 heteroatoms. The Bertz CT molecular complexity index is 323. The fourth-order valence-corrected chi connectivity index (χ4v) is 1.31. The molecule has 0 N–H and O–H groups in total. The topological polar surface area (TPSA) is 63.2 Å². The third-order valence-electron chi connectivity index (χ3n) is 1.45. The zero-order valence-corrected chi connectivity index (χ0v) is 7.16. The number of hydrogen-bond donors (Lipinski definition) is 0. The van der Waals surface area contributed by atoms with Gasteiger partial charge in [-0.2, -0.15) is 0 Å². The molecule has 0 fully saturated rings. The second-order valence-corrected chi connectivity index (χ2v) is 3.80. The van der Waals surface area contributed by atoms with E-state index in [4.69, 9.17) is 0 Å². The van der Waals surface area contributed by atoms with E-state index in [1.807, 2.05) is 0 Å². The first-order valence-corrected chi connectivity index (χ1v) is 4.83. The van der Waals surface area contributed by atoms with Crippen molar-refractivity contribution < 1.29 is 14.4 Å². The summed E-state index contributed by atoms with van der Waals surface area (Å²) in [5.74, 6) is 0. The predicted octanol–water partition coefficient (Wildman–Crippen LogP) is -0.131. The molecule has 0 heterocycles. The van der Waals surface area contributed by atoms with Crippen molar-refractivity contribution in [2.45, 2.75) is 0 Å². The van der Waals surface area contributed by atoms with Crippen LogP contribution in [0.4, 0.5) is 0 Å². The molecule has 1 aromatic rings. The Kier molecular flexibility index (Phi) is 2.48. The van der Waals surface area contributed by atoms with Gasteiger partial charge in [0.15, 0.2) is 0 Å². The first kappa shape index (κ1) is 9.20. The summed E-state index contributed by atoms with van der Waals surface area (Å²) in [5.41, 5.74) is 0.784. The van der Waals surface area contributed by atoms with Crippen LogP contribution in [0.25, 0.3) is 6.08 Å². The minimum atomic E-state index is -4.58. The van der Waals surface area contributed by atoms with Gasteiger partial charge in [0.1, 0.15) is 0 Å². The SMILES string of the molecule is C=Cc1ccc(P(=O)([O-])[O-])cc1. The van der Waals surface area contributed by atoms with Gasteiger partial charge in [0.2, 0.25) is 0 Å². The Labute approximate surface area is 70.5 Å². The van der Waals surface area contributed by atoms with Gasteiger partial charge in [-0.05, 0) is 18.5 Å². The molecule has 0 radical (unpaired) electrons. The molecule has 0 aliphatic carbocycles. The van der Waals surface area contributed by atoms with Gasteiger partial charge in [-0.15, -0.1) is 0 Å². The zero-order valence-electron chi connectivity index (χ0n) is 6.27. The summed E-state index contributed by atoms with van der Waals surface area (Å²) < 4.78 is 10.5. The molecule has 12 heavy (non-hydrogen) atoms. The summed E-state index contributed by atoms with van der Waals surface area (Å²) in [6, 6.07) is 5.62. The maximum absolute atomic E-state index is 10.5. The number of hydrogen-bond acceptors (Lipinski definition) is 3. The second kappa shape index (κ2) is 3.23. The van der Waals surface area contributed by atoms with Crippen LogP contribution in [-0.4, -0.2) is 0 Å². The van der Waals surface area contributed by atoms with Crippen LogP contribution in [0.15, 0.2) is 30.8 Å². The molecule has 0 unspecified atom stereocenters. The Morgan fingerprint density at radius 1 is 1.25 bits per heavy atom. The average Bonchev–Trinajstić information content (AvgIpc) is 2.03. The summed E-state index contributed by atoms with van der Waals surface area (Å²) in [7, 11) is -4.58. The van der Waals surface area contributed by atoms with Gasteiger partial charge in [0.05, 0.1) is 0 Å². The Hall–Kier alpha value is -0.890. The van der Waals surface area contributed by atoms with Crippen molar-refractivity contribution in [1.29, 1.82) is 0 Å². The molecular weight excluding hydrogens is 175 g/mol. The molecule has 0 aliphatic heterocycles. The van der Waals surface area contributed by atoms with E-state index in [9.17, 15) is 14.4 Å². The first-order valence-electron chi connectivity index (χ1n) is 3.29. The van der Waals surface area contributed by atoms with Crippen molar-refractivity contribution in [3.05, 3.63) is 36.4 Å².